The summed E-state index contributed by atoms with van der Waals surface area (Å²) in [4.78, 5) is 37.3. The minimum absolute atomic E-state index is 0.136. The monoisotopic (exact) mass is 423 g/mol. The van der Waals surface area contributed by atoms with E-state index in [2.05, 4.69) is 10.4 Å². The molecule has 2 aromatic rings. The molecule has 3 heterocycles. The van der Waals surface area contributed by atoms with E-state index >= 15 is 0 Å². The van der Waals surface area contributed by atoms with Crippen molar-refractivity contribution in [2.45, 2.75) is 49.7 Å². The number of H-pyrrole nitrogens is 1. The fourth-order valence-corrected chi connectivity index (χ4v) is 3.51. The Bertz CT molecular complexity index is 1070. The number of aromatic amines is 1. The third-order valence-corrected chi connectivity index (χ3v) is 5.42. The number of aryl methyl sites for hydroxylation is 1. The molecule has 1 aliphatic carbocycles. The summed E-state index contributed by atoms with van der Waals surface area (Å²) in [6.07, 6.45) is -1.09. The summed E-state index contributed by atoms with van der Waals surface area (Å²) in [5.41, 5.74) is -0.841. The topological polar surface area (TPSA) is 151 Å². The number of nitrogens with one attached hydrogen (secondary N) is 2. The molecule has 0 unspecified atom stereocenters. The van der Waals surface area contributed by atoms with Gasteiger partial charge in [-0.15, -0.1) is 0 Å². The molecule has 11 nitrogen and oxygen atoms in total. The van der Waals surface area contributed by atoms with Crippen LogP contribution in [-0.4, -0.2) is 66.4 Å². The molecule has 4 rings (SSSR count). The van der Waals surface area contributed by atoms with E-state index in [0.717, 1.165) is 23.1 Å². The van der Waals surface area contributed by atoms with Crippen LogP contribution in [0.15, 0.2) is 21.9 Å². The average Bonchev–Trinajstić information content (AvgIpc) is 3.47. The highest BCUT2D eigenvalue weighted by Crippen LogP contribution is 2.39. The number of aliphatic hydroxyl groups is 2. The van der Waals surface area contributed by atoms with Gasteiger partial charge in [0.15, 0.2) is 0 Å². The number of hydrogen-bond donors (Lipinski definition) is 4. The molecule has 0 radical (unpaired) electrons. The largest absolute Gasteiger partial charge is 0.388 e. The molecule has 2 fully saturated rings. The van der Waals surface area contributed by atoms with Crippen LogP contribution < -0.4 is 16.6 Å². The molecule has 2 aromatic heterocycles. The van der Waals surface area contributed by atoms with Crippen molar-refractivity contribution in [2.75, 3.05) is 6.61 Å². The smallest absolute Gasteiger partial charge is 0.328 e. The van der Waals surface area contributed by atoms with Crippen LogP contribution in [-0.2, 0) is 18.3 Å². The second kappa shape index (κ2) is 7.78. The van der Waals surface area contributed by atoms with Crippen molar-refractivity contribution >= 4 is 5.91 Å². The summed E-state index contributed by atoms with van der Waals surface area (Å²) in [5, 5.41) is 27.8. The molecule has 12 heteroatoms. The zero-order chi connectivity index (χ0) is 21.6. The quantitative estimate of drug-likeness (QED) is 0.443. The molecular formula is C18H22FN5O6. The summed E-state index contributed by atoms with van der Waals surface area (Å²) in [6.45, 7) is -0.430. The van der Waals surface area contributed by atoms with Crippen LogP contribution in [0.2, 0.25) is 0 Å². The van der Waals surface area contributed by atoms with E-state index in [1.54, 1.807) is 13.1 Å². The maximum absolute atomic E-state index is 13.4. The molecular weight excluding hydrogens is 401 g/mol. The van der Waals surface area contributed by atoms with Crippen LogP contribution >= 0.6 is 0 Å². The molecule has 1 aliphatic heterocycles. The van der Waals surface area contributed by atoms with Crippen LogP contribution in [0.4, 0.5) is 4.39 Å². The van der Waals surface area contributed by atoms with E-state index in [1.807, 2.05) is 4.98 Å². The number of aliphatic hydroxyl groups excluding tert-OH is 2. The van der Waals surface area contributed by atoms with Gasteiger partial charge in [-0.1, -0.05) is 0 Å². The van der Waals surface area contributed by atoms with Crippen molar-refractivity contribution in [3.8, 4) is 0 Å². The van der Waals surface area contributed by atoms with Gasteiger partial charge in [-0.25, -0.2) is 4.79 Å². The van der Waals surface area contributed by atoms with Gasteiger partial charge < -0.3 is 20.3 Å². The van der Waals surface area contributed by atoms with Crippen LogP contribution in [0.1, 0.15) is 34.9 Å². The number of aromatic nitrogens is 4. The highest BCUT2D eigenvalue weighted by Gasteiger charge is 2.40. The van der Waals surface area contributed by atoms with Crippen molar-refractivity contribution in [3.63, 3.8) is 0 Å². The number of nitrogens with zero attached hydrogens (tertiary/aromatic N) is 3. The molecule has 1 saturated carbocycles. The molecule has 4 N–H and O–H groups in total. The van der Waals surface area contributed by atoms with Gasteiger partial charge in [-0.3, -0.25) is 23.8 Å². The van der Waals surface area contributed by atoms with Crippen molar-refractivity contribution in [3.05, 3.63) is 50.3 Å². The molecule has 4 atom stereocenters. The Hall–Kier alpha value is -2.83. The Labute approximate surface area is 169 Å². The predicted molar refractivity (Wildman–Crippen MR) is 99.5 cm³/mol. The lowest BCUT2D eigenvalue weighted by Gasteiger charge is -2.38. The van der Waals surface area contributed by atoms with Crippen molar-refractivity contribution in [1.82, 2.24) is 24.6 Å². The van der Waals surface area contributed by atoms with Crippen LogP contribution in [0.3, 0.4) is 0 Å². The Morgan fingerprint density at radius 2 is 2.10 bits per heavy atom. The number of halogens is 1. The minimum Gasteiger partial charge on any atom is -0.388 e. The van der Waals surface area contributed by atoms with Gasteiger partial charge >= 0.3 is 5.69 Å². The van der Waals surface area contributed by atoms with Crippen molar-refractivity contribution in [2.24, 2.45) is 7.05 Å². The summed E-state index contributed by atoms with van der Waals surface area (Å²) in [5.74, 6) is -1.24. The Kier molecular flexibility index (Phi) is 5.30. The first kappa shape index (κ1) is 20.4. The van der Waals surface area contributed by atoms with Crippen LogP contribution in [0.5, 0.6) is 0 Å². The highest BCUT2D eigenvalue weighted by molar-refractivity contribution is 5.93. The number of amides is 1. The van der Waals surface area contributed by atoms with Gasteiger partial charge in [0.25, 0.3) is 11.5 Å². The number of rotatable bonds is 5. The van der Waals surface area contributed by atoms with E-state index in [0.29, 0.717) is 17.8 Å². The lowest BCUT2D eigenvalue weighted by molar-refractivity contribution is -0.152. The first-order chi connectivity index (χ1) is 14.2. The van der Waals surface area contributed by atoms with Crippen molar-refractivity contribution < 1.29 is 24.1 Å². The van der Waals surface area contributed by atoms with Gasteiger partial charge in [0.05, 0.1) is 31.1 Å². The fraction of sp³-hybridized carbons (Fsp3) is 0.556. The summed E-state index contributed by atoms with van der Waals surface area (Å²) < 4.78 is 21.2. The van der Waals surface area contributed by atoms with E-state index < -0.39 is 47.3 Å². The van der Waals surface area contributed by atoms with E-state index in [-0.39, 0.29) is 13.2 Å². The van der Waals surface area contributed by atoms with Gasteiger partial charge in [0, 0.05) is 13.0 Å². The summed E-state index contributed by atoms with van der Waals surface area (Å²) in [7, 11) is 1.65. The SMILES string of the molecule is Cn1nc(C2CC2)cc1C(=O)N[C@@H]1CO[C@H](Cn2cc(F)c(=O)[nH]c2=O)[C@@H](O)[C@H]1O. The van der Waals surface area contributed by atoms with Crippen LogP contribution in [0.25, 0.3) is 0 Å². The van der Waals surface area contributed by atoms with Crippen molar-refractivity contribution in [1.29, 1.82) is 0 Å². The summed E-state index contributed by atoms with van der Waals surface area (Å²) >= 11 is 0. The lowest BCUT2D eigenvalue weighted by atomic mass is 9.97. The molecule has 0 spiro atoms. The summed E-state index contributed by atoms with van der Waals surface area (Å²) in [6, 6.07) is 0.812. The van der Waals surface area contributed by atoms with Gasteiger partial charge in [-0.05, 0) is 18.9 Å². The highest BCUT2D eigenvalue weighted by atomic mass is 19.1. The van der Waals surface area contributed by atoms with Gasteiger partial charge in [0.1, 0.15) is 24.0 Å². The van der Waals surface area contributed by atoms with Gasteiger partial charge in [0.2, 0.25) is 5.82 Å². The number of ether oxygens (including phenoxy) is 1. The minimum atomic E-state index is -1.46. The average molecular weight is 423 g/mol. The number of carbonyl (C=O) groups excluding carboxylic acids is 1. The normalized spacial score (nSPS) is 26.5. The standard InChI is InChI=1S/C18H22FN5O6/c1-23-12(4-10(22-23)8-2-3-8)17(28)20-11-7-30-13(15(26)14(11)25)6-24-5-9(19)16(27)21-18(24)29/h4-5,8,11,13-15,25-26H,2-3,6-7H2,1H3,(H,20,28)(H,21,27,29)/t11-,13-,14+,15-/m1/s1. The molecule has 1 amide bonds. The third kappa shape index (κ3) is 3.93. The van der Waals surface area contributed by atoms with E-state index in [9.17, 15) is 29.0 Å². The predicted octanol–water partition coefficient (Wildman–Crippen LogP) is -1.79. The Balaban J connectivity index is 1.41. The fourth-order valence-electron chi connectivity index (χ4n) is 3.51. The first-order valence-electron chi connectivity index (χ1n) is 9.56. The van der Waals surface area contributed by atoms with E-state index in [4.69, 9.17) is 4.74 Å². The zero-order valence-electron chi connectivity index (χ0n) is 16.1. The van der Waals surface area contributed by atoms with Gasteiger partial charge in [-0.2, -0.15) is 9.49 Å². The Morgan fingerprint density at radius 1 is 1.37 bits per heavy atom. The Morgan fingerprint density at radius 3 is 2.80 bits per heavy atom. The molecule has 162 valence electrons. The zero-order valence-corrected chi connectivity index (χ0v) is 16.1. The molecule has 0 bridgehead atoms. The molecule has 30 heavy (non-hydrogen) atoms. The number of hydrogen-bond acceptors (Lipinski definition) is 7. The maximum Gasteiger partial charge on any atom is 0.328 e. The number of carbonyl (C=O) groups is 1. The van der Waals surface area contributed by atoms with E-state index in [1.165, 1.54) is 4.68 Å². The maximum atomic E-state index is 13.4. The second-order valence-corrected chi connectivity index (χ2v) is 7.67. The molecule has 2 aliphatic rings. The lowest BCUT2D eigenvalue weighted by Crippen LogP contribution is -2.60. The second-order valence-electron chi connectivity index (χ2n) is 7.67. The first-order valence-corrected chi connectivity index (χ1v) is 9.56. The third-order valence-electron chi connectivity index (χ3n) is 5.42. The van der Waals surface area contributed by atoms with Crippen LogP contribution in [0, 0.1) is 5.82 Å². The molecule has 1 saturated heterocycles. The molecule has 0 aromatic carbocycles.